The summed E-state index contributed by atoms with van der Waals surface area (Å²) in [6.45, 7) is 3.40. The monoisotopic (exact) mass is 691 g/mol. The van der Waals surface area contributed by atoms with E-state index in [1.807, 2.05) is 68.4 Å². The summed E-state index contributed by atoms with van der Waals surface area (Å²) in [5.74, 6) is -0.564. The van der Waals surface area contributed by atoms with Gasteiger partial charge >= 0.3 is 0 Å². The Bertz CT molecular complexity index is 1690. The number of para-hydroxylation sites is 2. The molecule has 8 nitrogen and oxygen atoms in total. The molecule has 1 N–H and O–H groups in total. The Labute approximate surface area is 274 Å². The number of carbonyl (C=O) groups excluding carboxylic acids is 2. The number of nitrogens with zero attached hydrogens (tertiary/aromatic N) is 2. The Kier molecular flexibility index (Phi) is 11.8. The second-order valence-corrected chi connectivity index (χ2v) is 13.4. The van der Waals surface area contributed by atoms with Gasteiger partial charge in [-0.3, -0.25) is 13.9 Å². The quantitative estimate of drug-likeness (QED) is 0.170. The number of carbonyl (C=O) groups is 2. The normalized spacial score (nSPS) is 12.5. The van der Waals surface area contributed by atoms with Gasteiger partial charge in [-0.05, 0) is 60.9 Å². The molecule has 0 saturated heterocycles. The Morgan fingerprint density at radius 3 is 2.13 bits per heavy atom. The second-order valence-electron chi connectivity index (χ2n) is 10.7. The summed E-state index contributed by atoms with van der Waals surface area (Å²) in [7, 11) is -2.78. The van der Waals surface area contributed by atoms with Crippen LogP contribution < -0.4 is 14.4 Å². The Morgan fingerprint density at radius 2 is 1.49 bits per heavy atom. The molecule has 4 rings (SSSR count). The number of halogens is 1. The summed E-state index contributed by atoms with van der Waals surface area (Å²) < 4.78 is 35.7. The first kappa shape index (κ1) is 33.7. The van der Waals surface area contributed by atoms with Crippen molar-refractivity contribution in [1.82, 2.24) is 10.2 Å². The molecule has 0 spiro atoms. The minimum Gasteiger partial charge on any atom is -0.495 e. The standard InChI is InChI=1S/C35H38BrN3O5S/c1-4-26(2)37-35(41)32(23-27-14-7-5-8-15-27)38(24-28-16-13-17-29(36)22-28)34(40)25-39(31-20-11-12-21-33(31)44-3)45(42,43)30-18-9-6-10-19-30/h5-22,26,32H,4,23-25H2,1-3H3,(H,37,41). The topological polar surface area (TPSA) is 96.0 Å². The van der Waals surface area contributed by atoms with E-state index < -0.39 is 28.5 Å². The smallest absolute Gasteiger partial charge is 0.264 e. The molecule has 0 aliphatic carbocycles. The first-order valence-corrected chi connectivity index (χ1v) is 17.0. The molecule has 2 atom stereocenters. The average molecular weight is 693 g/mol. The van der Waals surface area contributed by atoms with Crippen molar-refractivity contribution in [2.24, 2.45) is 0 Å². The maximum absolute atomic E-state index is 14.6. The number of amides is 2. The molecule has 2 amide bonds. The molecule has 236 valence electrons. The van der Waals surface area contributed by atoms with Crippen molar-refractivity contribution in [3.05, 3.63) is 125 Å². The zero-order valence-corrected chi connectivity index (χ0v) is 28.0. The van der Waals surface area contributed by atoms with Gasteiger partial charge in [0.1, 0.15) is 18.3 Å². The number of hydrogen-bond donors (Lipinski definition) is 1. The number of hydrogen-bond acceptors (Lipinski definition) is 5. The fourth-order valence-corrected chi connectivity index (χ4v) is 6.79. The van der Waals surface area contributed by atoms with Crippen LogP contribution in [-0.4, -0.2) is 50.9 Å². The maximum Gasteiger partial charge on any atom is 0.264 e. The molecule has 0 saturated carbocycles. The van der Waals surface area contributed by atoms with Crippen LogP contribution in [0.4, 0.5) is 5.69 Å². The molecule has 0 aromatic heterocycles. The molecule has 0 bridgehead atoms. The maximum atomic E-state index is 14.6. The lowest BCUT2D eigenvalue weighted by Gasteiger charge is -2.34. The molecule has 4 aromatic rings. The van der Waals surface area contributed by atoms with Gasteiger partial charge in [0.2, 0.25) is 11.8 Å². The van der Waals surface area contributed by atoms with Crippen LogP contribution in [0.25, 0.3) is 0 Å². The van der Waals surface area contributed by atoms with E-state index in [2.05, 4.69) is 21.2 Å². The summed E-state index contributed by atoms with van der Waals surface area (Å²) in [5.41, 5.74) is 1.86. The molecular weight excluding hydrogens is 654 g/mol. The van der Waals surface area contributed by atoms with Crippen LogP contribution in [-0.2, 0) is 32.6 Å². The third kappa shape index (κ3) is 8.73. The minimum atomic E-state index is -4.22. The lowest BCUT2D eigenvalue weighted by atomic mass is 10.0. The van der Waals surface area contributed by atoms with E-state index in [1.165, 1.54) is 24.1 Å². The summed E-state index contributed by atoms with van der Waals surface area (Å²) in [6, 6.07) is 30.5. The number of sulfonamides is 1. The van der Waals surface area contributed by atoms with Gasteiger partial charge in [-0.15, -0.1) is 0 Å². The summed E-state index contributed by atoms with van der Waals surface area (Å²) in [6.07, 6.45) is 0.948. The molecule has 0 aliphatic heterocycles. The fourth-order valence-electron chi connectivity index (χ4n) is 4.90. The van der Waals surface area contributed by atoms with Gasteiger partial charge in [0.25, 0.3) is 10.0 Å². The minimum absolute atomic E-state index is 0.0256. The fraction of sp³-hybridized carbons (Fsp3) is 0.257. The zero-order valence-electron chi connectivity index (χ0n) is 25.6. The molecule has 0 radical (unpaired) electrons. The third-order valence-corrected chi connectivity index (χ3v) is 9.75. The molecule has 10 heteroatoms. The molecule has 0 fully saturated rings. The van der Waals surface area contributed by atoms with Crippen molar-refractivity contribution in [2.75, 3.05) is 18.0 Å². The van der Waals surface area contributed by atoms with Crippen LogP contribution in [0, 0.1) is 0 Å². The SMILES string of the molecule is CCC(C)NC(=O)C(Cc1ccccc1)N(Cc1cccc(Br)c1)C(=O)CN(c1ccccc1OC)S(=O)(=O)c1ccccc1. The number of rotatable bonds is 14. The van der Waals surface area contributed by atoms with Gasteiger partial charge in [-0.1, -0.05) is 95.7 Å². The van der Waals surface area contributed by atoms with Crippen molar-refractivity contribution in [3.8, 4) is 5.75 Å². The van der Waals surface area contributed by atoms with Crippen molar-refractivity contribution in [1.29, 1.82) is 0 Å². The van der Waals surface area contributed by atoms with Crippen LogP contribution in [0.15, 0.2) is 119 Å². The van der Waals surface area contributed by atoms with Crippen LogP contribution >= 0.6 is 15.9 Å². The molecule has 4 aromatic carbocycles. The summed E-state index contributed by atoms with van der Waals surface area (Å²) in [4.78, 5) is 30.0. The predicted molar refractivity (Wildman–Crippen MR) is 180 cm³/mol. The van der Waals surface area contributed by atoms with E-state index in [9.17, 15) is 18.0 Å². The molecule has 0 aliphatic rings. The van der Waals surface area contributed by atoms with Crippen LogP contribution in [0.5, 0.6) is 5.75 Å². The van der Waals surface area contributed by atoms with E-state index in [0.29, 0.717) is 12.2 Å². The number of nitrogens with one attached hydrogen (secondary N) is 1. The molecule has 2 unspecified atom stereocenters. The van der Waals surface area contributed by atoms with E-state index in [0.717, 1.165) is 19.9 Å². The van der Waals surface area contributed by atoms with E-state index >= 15 is 0 Å². The van der Waals surface area contributed by atoms with Gasteiger partial charge in [0.05, 0.1) is 17.7 Å². The Balaban J connectivity index is 1.83. The van der Waals surface area contributed by atoms with Gasteiger partial charge < -0.3 is 15.0 Å². The zero-order chi connectivity index (χ0) is 32.4. The molecule has 0 heterocycles. The van der Waals surface area contributed by atoms with Crippen molar-refractivity contribution in [3.63, 3.8) is 0 Å². The van der Waals surface area contributed by atoms with E-state index in [-0.39, 0.29) is 35.5 Å². The highest BCUT2D eigenvalue weighted by molar-refractivity contribution is 9.10. The first-order valence-electron chi connectivity index (χ1n) is 14.7. The Morgan fingerprint density at radius 1 is 0.867 bits per heavy atom. The molecule has 45 heavy (non-hydrogen) atoms. The van der Waals surface area contributed by atoms with Gasteiger partial charge in [-0.2, -0.15) is 0 Å². The highest BCUT2D eigenvalue weighted by Crippen LogP contribution is 2.32. The lowest BCUT2D eigenvalue weighted by molar-refractivity contribution is -0.140. The number of ether oxygens (including phenoxy) is 1. The molecular formula is C35H38BrN3O5S. The number of methoxy groups -OCH3 is 1. The largest absolute Gasteiger partial charge is 0.495 e. The highest BCUT2D eigenvalue weighted by Gasteiger charge is 2.35. The summed E-state index contributed by atoms with van der Waals surface area (Å²) in [5, 5.41) is 3.05. The van der Waals surface area contributed by atoms with Crippen LogP contribution in [0.1, 0.15) is 31.4 Å². The predicted octanol–water partition coefficient (Wildman–Crippen LogP) is 6.21. The van der Waals surface area contributed by atoms with Gasteiger partial charge in [0, 0.05) is 23.5 Å². The first-order chi connectivity index (χ1) is 21.6. The summed E-state index contributed by atoms with van der Waals surface area (Å²) >= 11 is 3.51. The number of benzene rings is 4. The van der Waals surface area contributed by atoms with Crippen LogP contribution in [0.3, 0.4) is 0 Å². The van der Waals surface area contributed by atoms with E-state index in [4.69, 9.17) is 4.74 Å². The van der Waals surface area contributed by atoms with Crippen LogP contribution in [0.2, 0.25) is 0 Å². The number of anilines is 1. The highest BCUT2D eigenvalue weighted by atomic mass is 79.9. The van der Waals surface area contributed by atoms with Crippen molar-refractivity contribution < 1.29 is 22.7 Å². The lowest BCUT2D eigenvalue weighted by Crippen LogP contribution is -2.54. The third-order valence-electron chi connectivity index (χ3n) is 7.48. The van der Waals surface area contributed by atoms with Crippen molar-refractivity contribution >= 4 is 43.5 Å². The Hall–Kier alpha value is -4.15. The van der Waals surface area contributed by atoms with E-state index in [1.54, 1.807) is 42.5 Å². The van der Waals surface area contributed by atoms with Gasteiger partial charge in [0.15, 0.2) is 0 Å². The van der Waals surface area contributed by atoms with Crippen molar-refractivity contribution in [2.45, 2.75) is 50.2 Å². The van der Waals surface area contributed by atoms with Gasteiger partial charge in [-0.25, -0.2) is 8.42 Å². The average Bonchev–Trinajstić information content (AvgIpc) is 3.05. The second kappa shape index (κ2) is 15.7.